The lowest BCUT2D eigenvalue weighted by molar-refractivity contribution is 0.0703. The summed E-state index contributed by atoms with van der Waals surface area (Å²) in [6, 6.07) is 4.35. The number of pyridine rings is 1. The van der Waals surface area contributed by atoms with E-state index in [9.17, 15) is 0 Å². The number of ether oxygens (including phenoxy) is 2. The van der Waals surface area contributed by atoms with Crippen molar-refractivity contribution in [1.82, 2.24) is 9.88 Å². The van der Waals surface area contributed by atoms with Gasteiger partial charge in [-0.15, -0.1) is 0 Å². The van der Waals surface area contributed by atoms with Crippen LogP contribution in [0.2, 0.25) is 0 Å². The van der Waals surface area contributed by atoms with Crippen molar-refractivity contribution in [2.75, 3.05) is 34.0 Å². The van der Waals surface area contributed by atoms with Crippen LogP contribution in [0.5, 0.6) is 0 Å². The summed E-state index contributed by atoms with van der Waals surface area (Å²) in [4.78, 5) is 6.64. The topological polar surface area (TPSA) is 60.6 Å². The van der Waals surface area contributed by atoms with Crippen LogP contribution in [-0.4, -0.2) is 49.9 Å². The minimum atomic E-state index is 0.325. The van der Waals surface area contributed by atoms with Crippen LogP contribution >= 0.6 is 0 Å². The Kier molecular flexibility index (Phi) is 7.59. The quantitative estimate of drug-likeness (QED) is 0.724. The molecule has 0 fully saturated rings. The summed E-state index contributed by atoms with van der Waals surface area (Å²) in [5.74, 6) is 0. The first-order valence-corrected chi connectivity index (χ1v) is 6.57. The van der Waals surface area contributed by atoms with E-state index in [1.54, 1.807) is 20.4 Å². The Balaban J connectivity index is 2.74. The van der Waals surface area contributed by atoms with Gasteiger partial charge in [-0.2, -0.15) is 0 Å². The van der Waals surface area contributed by atoms with Gasteiger partial charge in [0, 0.05) is 46.1 Å². The van der Waals surface area contributed by atoms with E-state index in [4.69, 9.17) is 15.2 Å². The first-order chi connectivity index (χ1) is 9.22. The van der Waals surface area contributed by atoms with Crippen LogP contribution in [0, 0.1) is 0 Å². The van der Waals surface area contributed by atoms with Gasteiger partial charge in [-0.3, -0.25) is 9.88 Å². The van der Waals surface area contributed by atoms with Crippen LogP contribution in [0.25, 0.3) is 0 Å². The molecule has 0 saturated carbocycles. The highest BCUT2D eigenvalue weighted by Gasteiger charge is 2.15. The maximum absolute atomic E-state index is 5.73. The van der Waals surface area contributed by atoms with Crippen molar-refractivity contribution in [3.63, 3.8) is 0 Å². The van der Waals surface area contributed by atoms with Crippen molar-refractivity contribution >= 4 is 0 Å². The molecule has 1 atom stereocenters. The molecule has 1 heterocycles. The van der Waals surface area contributed by atoms with Crippen LogP contribution < -0.4 is 5.73 Å². The van der Waals surface area contributed by atoms with E-state index < -0.39 is 0 Å². The highest BCUT2D eigenvalue weighted by Crippen LogP contribution is 2.11. The molecule has 0 aliphatic carbocycles. The fraction of sp³-hybridized carbons (Fsp3) is 0.643. The van der Waals surface area contributed by atoms with E-state index >= 15 is 0 Å². The second-order valence-corrected chi connectivity index (χ2v) is 4.58. The predicted molar refractivity (Wildman–Crippen MR) is 75.8 cm³/mol. The summed E-state index contributed by atoms with van der Waals surface area (Å²) >= 11 is 0. The predicted octanol–water partition coefficient (Wildman–Crippen LogP) is 1.02. The fourth-order valence-electron chi connectivity index (χ4n) is 2.03. The normalized spacial score (nSPS) is 12.9. The monoisotopic (exact) mass is 267 g/mol. The Hall–Kier alpha value is -1.01. The summed E-state index contributed by atoms with van der Waals surface area (Å²) in [6.45, 7) is 5.69. The third kappa shape index (κ3) is 5.24. The lowest BCUT2D eigenvalue weighted by atomic mass is 10.1. The molecule has 0 radical (unpaired) electrons. The van der Waals surface area contributed by atoms with Crippen LogP contribution in [0.4, 0.5) is 0 Å². The molecule has 0 aliphatic heterocycles. The molecular weight excluding hydrogens is 242 g/mol. The lowest BCUT2D eigenvalue weighted by Crippen LogP contribution is -2.38. The van der Waals surface area contributed by atoms with Crippen molar-refractivity contribution in [3.05, 3.63) is 29.6 Å². The molecule has 1 rings (SSSR count). The van der Waals surface area contributed by atoms with Gasteiger partial charge < -0.3 is 15.2 Å². The molecule has 5 nitrogen and oxygen atoms in total. The number of hydrogen-bond donors (Lipinski definition) is 1. The standard InChI is InChI=1S/C14H25N3O2/c1-12(11-19-3)17(7-8-18-2)10-13-5-4-6-16-14(13)9-15/h4-6,12H,7-11,15H2,1-3H3. The molecule has 1 aromatic heterocycles. The van der Waals surface area contributed by atoms with Gasteiger partial charge in [0.1, 0.15) is 0 Å². The molecule has 1 unspecified atom stereocenters. The van der Waals surface area contributed by atoms with Crippen molar-refractivity contribution in [1.29, 1.82) is 0 Å². The second kappa shape index (κ2) is 8.98. The van der Waals surface area contributed by atoms with E-state index in [2.05, 4.69) is 22.9 Å². The first-order valence-electron chi connectivity index (χ1n) is 6.57. The molecule has 5 heteroatoms. The molecule has 0 saturated heterocycles. The summed E-state index contributed by atoms with van der Waals surface area (Å²) < 4.78 is 10.4. The zero-order valence-corrected chi connectivity index (χ0v) is 12.1. The maximum Gasteiger partial charge on any atom is 0.0615 e. The number of nitrogens with zero attached hydrogens (tertiary/aromatic N) is 2. The zero-order chi connectivity index (χ0) is 14.1. The van der Waals surface area contributed by atoms with E-state index in [0.717, 1.165) is 18.8 Å². The molecule has 19 heavy (non-hydrogen) atoms. The third-order valence-corrected chi connectivity index (χ3v) is 3.17. The van der Waals surface area contributed by atoms with Gasteiger partial charge in [0.15, 0.2) is 0 Å². The molecule has 2 N–H and O–H groups in total. The van der Waals surface area contributed by atoms with Crippen molar-refractivity contribution in [2.24, 2.45) is 5.73 Å². The molecular formula is C14H25N3O2. The van der Waals surface area contributed by atoms with Crippen molar-refractivity contribution in [2.45, 2.75) is 26.1 Å². The minimum Gasteiger partial charge on any atom is -0.383 e. The smallest absolute Gasteiger partial charge is 0.0615 e. The highest BCUT2D eigenvalue weighted by atomic mass is 16.5. The van der Waals surface area contributed by atoms with Crippen molar-refractivity contribution < 1.29 is 9.47 Å². The first kappa shape index (κ1) is 16.0. The number of nitrogens with two attached hydrogens (primary N) is 1. The largest absolute Gasteiger partial charge is 0.383 e. The zero-order valence-electron chi connectivity index (χ0n) is 12.1. The second-order valence-electron chi connectivity index (χ2n) is 4.58. The molecule has 0 aliphatic rings. The van der Waals surface area contributed by atoms with Gasteiger partial charge in [-0.1, -0.05) is 6.07 Å². The van der Waals surface area contributed by atoms with E-state index in [-0.39, 0.29) is 0 Å². The SMILES string of the molecule is COCCN(Cc1cccnc1CN)C(C)COC. The Morgan fingerprint density at radius 3 is 2.79 bits per heavy atom. The van der Waals surface area contributed by atoms with Gasteiger partial charge in [0.2, 0.25) is 0 Å². The van der Waals surface area contributed by atoms with Crippen molar-refractivity contribution in [3.8, 4) is 0 Å². The van der Waals surface area contributed by atoms with E-state index in [1.807, 2.05) is 6.07 Å². The van der Waals surface area contributed by atoms with Gasteiger partial charge in [0.25, 0.3) is 0 Å². The summed E-state index contributed by atoms with van der Waals surface area (Å²) in [6.07, 6.45) is 1.78. The molecule has 0 spiro atoms. The number of hydrogen-bond acceptors (Lipinski definition) is 5. The average Bonchev–Trinajstić information content (AvgIpc) is 2.44. The summed E-state index contributed by atoms with van der Waals surface area (Å²) in [7, 11) is 3.44. The van der Waals surface area contributed by atoms with Gasteiger partial charge >= 0.3 is 0 Å². The van der Waals surface area contributed by atoms with Crippen LogP contribution in [0.15, 0.2) is 18.3 Å². The lowest BCUT2D eigenvalue weighted by Gasteiger charge is -2.29. The van der Waals surface area contributed by atoms with E-state index in [0.29, 0.717) is 25.8 Å². The number of rotatable bonds is 9. The van der Waals surface area contributed by atoms with Crippen LogP contribution in [0.3, 0.4) is 0 Å². The Bertz CT molecular complexity index is 360. The number of methoxy groups -OCH3 is 2. The molecule has 108 valence electrons. The van der Waals surface area contributed by atoms with Gasteiger partial charge in [-0.05, 0) is 18.6 Å². The minimum absolute atomic E-state index is 0.325. The Morgan fingerprint density at radius 2 is 2.16 bits per heavy atom. The molecule has 0 amide bonds. The van der Waals surface area contributed by atoms with Crippen LogP contribution in [0.1, 0.15) is 18.2 Å². The third-order valence-electron chi connectivity index (χ3n) is 3.17. The maximum atomic E-state index is 5.73. The number of aromatic nitrogens is 1. The highest BCUT2D eigenvalue weighted by molar-refractivity contribution is 5.19. The molecule has 0 aromatic carbocycles. The molecule has 1 aromatic rings. The summed E-state index contributed by atoms with van der Waals surface area (Å²) in [5, 5.41) is 0. The van der Waals surface area contributed by atoms with Gasteiger partial charge in [-0.25, -0.2) is 0 Å². The Morgan fingerprint density at radius 1 is 1.37 bits per heavy atom. The summed E-state index contributed by atoms with van der Waals surface area (Å²) in [5.41, 5.74) is 7.85. The Labute approximate surface area is 115 Å². The average molecular weight is 267 g/mol. The van der Waals surface area contributed by atoms with Crippen LogP contribution in [-0.2, 0) is 22.6 Å². The van der Waals surface area contributed by atoms with E-state index in [1.165, 1.54) is 5.56 Å². The molecule has 0 bridgehead atoms. The fourth-order valence-corrected chi connectivity index (χ4v) is 2.03. The van der Waals surface area contributed by atoms with Gasteiger partial charge in [0.05, 0.1) is 18.9 Å².